The maximum atomic E-state index is 11.0. The molecule has 0 aliphatic carbocycles. The molecular weight excluding hydrogens is 152 g/mol. The van der Waals surface area contributed by atoms with Crippen LogP contribution in [0.4, 0.5) is 0 Å². The molecule has 0 fully saturated rings. The molecule has 0 amide bonds. The average molecular weight is 156 g/mol. The molecule has 2 rings (SSSR count). The Labute approximate surface area is 59.5 Å². The van der Waals surface area contributed by atoms with E-state index in [4.69, 9.17) is 0 Å². The van der Waals surface area contributed by atoms with Crippen LogP contribution in [-0.4, -0.2) is 4.21 Å². The molecule has 3 heteroatoms. The van der Waals surface area contributed by atoms with Gasteiger partial charge in [0.05, 0.1) is 15.7 Å². The van der Waals surface area contributed by atoms with Gasteiger partial charge in [0.25, 0.3) is 0 Å². The van der Waals surface area contributed by atoms with Crippen LogP contribution in [0.25, 0.3) is 6.08 Å². The number of fused-ring (bicyclic) bond motifs is 1. The van der Waals surface area contributed by atoms with Crippen molar-refractivity contribution in [3.63, 3.8) is 0 Å². The SMILES string of the molecule is O=S1C=Cc2cscc21. The van der Waals surface area contributed by atoms with Crippen LogP contribution in [0.15, 0.2) is 21.1 Å². The molecule has 0 spiro atoms. The number of hydrogen-bond acceptors (Lipinski definition) is 2. The van der Waals surface area contributed by atoms with E-state index in [-0.39, 0.29) is 0 Å². The van der Waals surface area contributed by atoms with Crippen LogP contribution in [0.3, 0.4) is 0 Å². The lowest BCUT2D eigenvalue weighted by Gasteiger charge is -1.81. The molecular formula is C6H4OS2. The van der Waals surface area contributed by atoms with Crippen LogP contribution in [0.5, 0.6) is 0 Å². The first-order chi connectivity index (χ1) is 4.38. The number of thiophene rings is 1. The molecule has 1 aliphatic rings. The Hall–Kier alpha value is -0.410. The van der Waals surface area contributed by atoms with Crippen LogP contribution < -0.4 is 0 Å². The minimum absolute atomic E-state index is 0.837. The van der Waals surface area contributed by atoms with Crippen molar-refractivity contribution in [3.8, 4) is 0 Å². The molecule has 0 saturated carbocycles. The van der Waals surface area contributed by atoms with Gasteiger partial charge in [-0.15, -0.1) is 0 Å². The molecule has 1 unspecified atom stereocenters. The molecule has 2 heterocycles. The molecule has 1 atom stereocenters. The first-order valence-corrected chi connectivity index (χ1v) is 4.68. The van der Waals surface area contributed by atoms with E-state index >= 15 is 0 Å². The van der Waals surface area contributed by atoms with Crippen molar-refractivity contribution in [2.24, 2.45) is 0 Å². The molecule has 0 N–H and O–H groups in total. The third kappa shape index (κ3) is 0.686. The van der Waals surface area contributed by atoms with Gasteiger partial charge in [-0.1, -0.05) is 0 Å². The van der Waals surface area contributed by atoms with Crippen molar-refractivity contribution in [1.82, 2.24) is 0 Å². The molecule has 1 aliphatic heterocycles. The molecule has 0 aromatic carbocycles. The van der Waals surface area contributed by atoms with Crippen molar-refractivity contribution in [2.45, 2.75) is 4.90 Å². The topological polar surface area (TPSA) is 17.1 Å². The van der Waals surface area contributed by atoms with Gasteiger partial charge >= 0.3 is 0 Å². The fourth-order valence-corrected chi connectivity index (χ4v) is 2.87. The molecule has 0 bridgehead atoms. The van der Waals surface area contributed by atoms with Crippen molar-refractivity contribution < 1.29 is 4.21 Å². The zero-order chi connectivity index (χ0) is 6.27. The Kier molecular flexibility index (Phi) is 1.07. The van der Waals surface area contributed by atoms with Gasteiger partial charge in [-0.25, -0.2) is 4.21 Å². The summed E-state index contributed by atoms with van der Waals surface area (Å²) in [6.45, 7) is 0. The van der Waals surface area contributed by atoms with E-state index in [1.165, 1.54) is 0 Å². The standard InChI is InChI=1S/C6H4OS2/c7-9-2-1-5-3-8-4-6(5)9/h1-4H. The summed E-state index contributed by atoms with van der Waals surface area (Å²) in [6, 6.07) is 0. The second kappa shape index (κ2) is 1.78. The molecule has 9 heavy (non-hydrogen) atoms. The fraction of sp³-hybridized carbons (Fsp3) is 0. The highest BCUT2D eigenvalue weighted by Gasteiger charge is 2.11. The summed E-state index contributed by atoms with van der Waals surface area (Å²) in [5.74, 6) is 0. The van der Waals surface area contributed by atoms with E-state index in [1.807, 2.05) is 16.8 Å². The van der Waals surface area contributed by atoms with Gasteiger partial charge in [0.1, 0.15) is 0 Å². The van der Waals surface area contributed by atoms with Gasteiger partial charge in [0.15, 0.2) is 0 Å². The van der Waals surface area contributed by atoms with Crippen LogP contribution >= 0.6 is 11.3 Å². The molecule has 0 saturated heterocycles. The zero-order valence-corrected chi connectivity index (χ0v) is 6.17. The lowest BCUT2D eigenvalue weighted by Crippen LogP contribution is -1.75. The van der Waals surface area contributed by atoms with Crippen LogP contribution in [-0.2, 0) is 10.8 Å². The Morgan fingerprint density at radius 2 is 2.33 bits per heavy atom. The average Bonchev–Trinajstić information content (AvgIpc) is 2.35. The predicted molar refractivity (Wildman–Crippen MR) is 39.8 cm³/mol. The van der Waals surface area contributed by atoms with Gasteiger partial charge < -0.3 is 0 Å². The Morgan fingerprint density at radius 1 is 1.44 bits per heavy atom. The summed E-state index contributed by atoms with van der Waals surface area (Å²) < 4.78 is 11.0. The van der Waals surface area contributed by atoms with E-state index in [2.05, 4.69) is 0 Å². The lowest BCUT2D eigenvalue weighted by molar-refractivity contribution is 0.689. The van der Waals surface area contributed by atoms with Gasteiger partial charge in [0, 0.05) is 16.4 Å². The van der Waals surface area contributed by atoms with E-state index in [1.54, 1.807) is 16.7 Å². The minimum atomic E-state index is -0.837. The van der Waals surface area contributed by atoms with Crippen molar-refractivity contribution in [3.05, 3.63) is 21.7 Å². The van der Waals surface area contributed by atoms with Gasteiger partial charge in [-0.05, 0) is 11.5 Å². The quantitative estimate of drug-likeness (QED) is 0.560. The molecule has 1 nitrogen and oxygen atoms in total. The Balaban J connectivity index is 2.73. The first kappa shape index (κ1) is 5.38. The van der Waals surface area contributed by atoms with E-state index in [9.17, 15) is 4.21 Å². The Bertz CT molecular complexity index is 285. The summed E-state index contributed by atoms with van der Waals surface area (Å²) in [5, 5.41) is 5.67. The van der Waals surface area contributed by atoms with E-state index in [0.717, 1.165) is 10.5 Å². The number of hydrogen-bond donors (Lipinski definition) is 0. The van der Waals surface area contributed by atoms with Crippen molar-refractivity contribution in [1.29, 1.82) is 0 Å². The maximum Gasteiger partial charge on any atom is 0.0790 e. The molecule has 1 aromatic heterocycles. The molecule has 46 valence electrons. The summed E-state index contributed by atoms with van der Waals surface area (Å²) in [5.41, 5.74) is 1.12. The summed E-state index contributed by atoms with van der Waals surface area (Å²) in [6.07, 6.45) is 1.90. The maximum absolute atomic E-state index is 11.0. The largest absolute Gasteiger partial charge is 0.250 e. The highest BCUT2D eigenvalue weighted by atomic mass is 32.2. The van der Waals surface area contributed by atoms with Crippen LogP contribution in [0.2, 0.25) is 0 Å². The normalized spacial score (nSPS) is 22.4. The van der Waals surface area contributed by atoms with E-state index < -0.39 is 10.8 Å². The summed E-state index contributed by atoms with van der Waals surface area (Å²) in [4.78, 5) is 0.972. The minimum Gasteiger partial charge on any atom is -0.250 e. The summed E-state index contributed by atoms with van der Waals surface area (Å²) >= 11 is 1.60. The van der Waals surface area contributed by atoms with Gasteiger partial charge in [0.2, 0.25) is 0 Å². The van der Waals surface area contributed by atoms with Crippen molar-refractivity contribution in [2.75, 3.05) is 0 Å². The van der Waals surface area contributed by atoms with Gasteiger partial charge in [-0.3, -0.25) is 0 Å². The van der Waals surface area contributed by atoms with Crippen molar-refractivity contribution >= 4 is 28.2 Å². The third-order valence-electron chi connectivity index (χ3n) is 1.24. The van der Waals surface area contributed by atoms with Crippen LogP contribution in [0.1, 0.15) is 5.56 Å². The lowest BCUT2D eigenvalue weighted by atomic mass is 10.3. The second-order valence-corrected chi connectivity index (χ2v) is 3.84. The zero-order valence-electron chi connectivity index (χ0n) is 4.53. The van der Waals surface area contributed by atoms with Gasteiger partial charge in [-0.2, -0.15) is 11.3 Å². The monoisotopic (exact) mass is 156 g/mol. The number of rotatable bonds is 0. The molecule has 1 aromatic rings. The Morgan fingerprint density at radius 3 is 3.11 bits per heavy atom. The second-order valence-electron chi connectivity index (χ2n) is 1.79. The van der Waals surface area contributed by atoms with Crippen LogP contribution in [0, 0.1) is 0 Å². The summed E-state index contributed by atoms with van der Waals surface area (Å²) in [7, 11) is -0.837. The fourth-order valence-electron chi connectivity index (χ4n) is 0.789. The first-order valence-electron chi connectivity index (χ1n) is 2.53. The highest BCUT2D eigenvalue weighted by molar-refractivity contribution is 7.88. The third-order valence-corrected chi connectivity index (χ3v) is 3.32. The smallest absolute Gasteiger partial charge is 0.0790 e. The van der Waals surface area contributed by atoms with E-state index in [0.29, 0.717) is 0 Å². The molecule has 0 radical (unpaired) electrons. The predicted octanol–water partition coefficient (Wildman–Crippen LogP) is 1.84. The highest BCUT2D eigenvalue weighted by Crippen LogP contribution is 2.26.